The quantitative estimate of drug-likeness (QED) is 0.462. The molecule has 1 N–H and O–H groups in total. The molecule has 12 heavy (non-hydrogen) atoms. The lowest BCUT2D eigenvalue weighted by atomic mass is 10.2. The third kappa shape index (κ3) is 2.62. The van der Waals surface area contributed by atoms with Gasteiger partial charge in [-0.15, -0.1) is 0 Å². The monoisotopic (exact) mass is 169 g/mol. The van der Waals surface area contributed by atoms with Crippen LogP contribution < -0.4 is 5.32 Å². The molecule has 1 rings (SSSR count). The predicted molar refractivity (Wildman–Crippen MR) is 48.2 cm³/mol. The molecule has 0 unspecified atom stereocenters. The Labute approximate surface area is 72.7 Å². The number of hydrogen-bond acceptors (Lipinski definition) is 2. The minimum Gasteiger partial charge on any atom is -0.369 e. The van der Waals surface area contributed by atoms with Crippen molar-refractivity contribution in [1.29, 1.82) is 0 Å². The highest BCUT2D eigenvalue weighted by atomic mass is 16.1. The molecular formula is C8H15N3O. The molecule has 0 aromatic heterocycles. The summed E-state index contributed by atoms with van der Waals surface area (Å²) in [5, 5.41) is 3.10. The SMILES string of the molecule is CN(C)C=NC(=O)[C@@H]1CCCN1. The second kappa shape index (κ2) is 4.21. The average molecular weight is 169 g/mol. The molecule has 0 spiro atoms. The Hall–Kier alpha value is -0.900. The minimum atomic E-state index is -0.0544. The molecule has 4 heteroatoms. The smallest absolute Gasteiger partial charge is 0.264 e. The van der Waals surface area contributed by atoms with Crippen LogP contribution in [0, 0.1) is 0 Å². The van der Waals surface area contributed by atoms with Gasteiger partial charge >= 0.3 is 0 Å². The minimum absolute atomic E-state index is 0.0406. The summed E-state index contributed by atoms with van der Waals surface area (Å²) in [5.74, 6) is -0.0544. The van der Waals surface area contributed by atoms with Gasteiger partial charge in [-0.3, -0.25) is 4.79 Å². The molecule has 1 saturated heterocycles. The van der Waals surface area contributed by atoms with Crippen LogP contribution in [0.5, 0.6) is 0 Å². The van der Waals surface area contributed by atoms with Gasteiger partial charge in [-0.05, 0) is 19.4 Å². The summed E-state index contributed by atoms with van der Waals surface area (Å²) in [6, 6.07) is -0.0406. The molecule has 1 fully saturated rings. The molecule has 0 aromatic rings. The van der Waals surface area contributed by atoms with E-state index in [-0.39, 0.29) is 11.9 Å². The summed E-state index contributed by atoms with van der Waals surface area (Å²) in [5.41, 5.74) is 0. The van der Waals surface area contributed by atoms with Crippen LogP contribution >= 0.6 is 0 Å². The van der Waals surface area contributed by atoms with Crippen LogP contribution in [-0.2, 0) is 4.79 Å². The number of amides is 1. The summed E-state index contributed by atoms with van der Waals surface area (Å²) >= 11 is 0. The summed E-state index contributed by atoms with van der Waals surface area (Å²) < 4.78 is 0. The molecule has 1 amide bonds. The van der Waals surface area contributed by atoms with E-state index in [2.05, 4.69) is 10.3 Å². The average Bonchev–Trinajstić information content (AvgIpc) is 2.51. The van der Waals surface area contributed by atoms with Gasteiger partial charge < -0.3 is 10.2 Å². The van der Waals surface area contributed by atoms with E-state index in [0.29, 0.717) is 0 Å². The zero-order chi connectivity index (χ0) is 8.97. The molecule has 1 heterocycles. The van der Waals surface area contributed by atoms with Crippen LogP contribution in [0.1, 0.15) is 12.8 Å². The lowest BCUT2D eigenvalue weighted by molar-refractivity contribution is -0.119. The van der Waals surface area contributed by atoms with Gasteiger partial charge in [0.15, 0.2) is 0 Å². The topological polar surface area (TPSA) is 44.7 Å². The molecule has 1 aliphatic rings. The van der Waals surface area contributed by atoms with Crippen LogP contribution in [0.15, 0.2) is 4.99 Å². The number of hydrogen-bond donors (Lipinski definition) is 1. The van der Waals surface area contributed by atoms with E-state index in [1.54, 1.807) is 11.2 Å². The van der Waals surface area contributed by atoms with Crippen LogP contribution in [-0.4, -0.2) is 43.8 Å². The van der Waals surface area contributed by atoms with E-state index < -0.39 is 0 Å². The van der Waals surface area contributed by atoms with Gasteiger partial charge in [0.25, 0.3) is 5.91 Å². The molecular weight excluding hydrogens is 154 g/mol. The van der Waals surface area contributed by atoms with Gasteiger partial charge in [-0.2, -0.15) is 0 Å². The largest absolute Gasteiger partial charge is 0.369 e. The molecule has 0 bridgehead atoms. The van der Waals surface area contributed by atoms with Crippen molar-refractivity contribution in [2.75, 3.05) is 20.6 Å². The van der Waals surface area contributed by atoms with Crippen molar-refractivity contribution in [3.05, 3.63) is 0 Å². The van der Waals surface area contributed by atoms with E-state index in [4.69, 9.17) is 0 Å². The van der Waals surface area contributed by atoms with E-state index in [0.717, 1.165) is 19.4 Å². The number of carbonyl (C=O) groups excluding carboxylic acids is 1. The third-order valence-electron chi connectivity index (χ3n) is 1.77. The van der Waals surface area contributed by atoms with Crippen molar-refractivity contribution in [2.45, 2.75) is 18.9 Å². The number of nitrogens with one attached hydrogen (secondary N) is 1. The second-order valence-electron chi connectivity index (χ2n) is 3.20. The Morgan fingerprint density at radius 2 is 2.42 bits per heavy atom. The zero-order valence-corrected chi connectivity index (χ0v) is 7.58. The Morgan fingerprint density at radius 1 is 1.67 bits per heavy atom. The third-order valence-corrected chi connectivity index (χ3v) is 1.77. The Bertz CT molecular complexity index is 183. The maximum atomic E-state index is 11.3. The van der Waals surface area contributed by atoms with E-state index in [1.165, 1.54) is 0 Å². The molecule has 0 saturated carbocycles. The molecule has 1 aliphatic heterocycles. The highest BCUT2D eigenvalue weighted by Crippen LogP contribution is 2.05. The van der Waals surface area contributed by atoms with Crippen molar-refractivity contribution >= 4 is 12.2 Å². The lowest BCUT2D eigenvalue weighted by Gasteiger charge is -2.05. The number of aliphatic imine (C=N–C) groups is 1. The molecule has 4 nitrogen and oxygen atoms in total. The van der Waals surface area contributed by atoms with Crippen LogP contribution in [0.25, 0.3) is 0 Å². The number of nitrogens with zero attached hydrogens (tertiary/aromatic N) is 2. The van der Waals surface area contributed by atoms with Crippen molar-refractivity contribution in [3.8, 4) is 0 Å². The van der Waals surface area contributed by atoms with Gasteiger partial charge in [0, 0.05) is 14.1 Å². The first-order valence-corrected chi connectivity index (χ1v) is 4.18. The van der Waals surface area contributed by atoms with Crippen LogP contribution in [0.4, 0.5) is 0 Å². The van der Waals surface area contributed by atoms with Crippen molar-refractivity contribution < 1.29 is 4.79 Å². The van der Waals surface area contributed by atoms with Gasteiger partial charge in [-0.25, -0.2) is 4.99 Å². The van der Waals surface area contributed by atoms with Crippen molar-refractivity contribution in [3.63, 3.8) is 0 Å². The first-order chi connectivity index (χ1) is 5.70. The van der Waals surface area contributed by atoms with E-state index in [9.17, 15) is 4.79 Å². The lowest BCUT2D eigenvalue weighted by Crippen LogP contribution is -2.30. The van der Waals surface area contributed by atoms with Crippen LogP contribution in [0.2, 0.25) is 0 Å². The fourth-order valence-corrected chi connectivity index (χ4v) is 1.16. The Balaban J connectivity index is 2.36. The van der Waals surface area contributed by atoms with Crippen molar-refractivity contribution in [1.82, 2.24) is 10.2 Å². The highest BCUT2D eigenvalue weighted by molar-refractivity contribution is 5.88. The number of carbonyl (C=O) groups is 1. The fourth-order valence-electron chi connectivity index (χ4n) is 1.16. The Morgan fingerprint density at radius 3 is 2.92 bits per heavy atom. The summed E-state index contributed by atoms with van der Waals surface area (Å²) in [4.78, 5) is 16.8. The second-order valence-corrected chi connectivity index (χ2v) is 3.20. The fraction of sp³-hybridized carbons (Fsp3) is 0.750. The summed E-state index contributed by atoms with van der Waals surface area (Å²) in [6.07, 6.45) is 3.54. The molecule has 0 radical (unpaired) electrons. The maximum Gasteiger partial charge on any atom is 0.264 e. The van der Waals surface area contributed by atoms with Crippen molar-refractivity contribution in [2.24, 2.45) is 4.99 Å². The van der Waals surface area contributed by atoms with Gasteiger partial charge in [-0.1, -0.05) is 0 Å². The van der Waals surface area contributed by atoms with Gasteiger partial charge in [0.05, 0.1) is 12.4 Å². The normalized spacial score (nSPS) is 23.3. The first-order valence-electron chi connectivity index (χ1n) is 4.18. The molecule has 0 aromatic carbocycles. The van der Waals surface area contributed by atoms with Crippen LogP contribution in [0.3, 0.4) is 0 Å². The summed E-state index contributed by atoms with van der Waals surface area (Å²) in [7, 11) is 3.69. The highest BCUT2D eigenvalue weighted by Gasteiger charge is 2.20. The number of rotatable bonds is 2. The summed E-state index contributed by atoms with van der Waals surface area (Å²) in [6.45, 7) is 0.938. The van der Waals surface area contributed by atoms with E-state index >= 15 is 0 Å². The zero-order valence-electron chi connectivity index (χ0n) is 7.58. The Kier molecular flexibility index (Phi) is 3.22. The molecule has 1 atom stereocenters. The standard InChI is InChI=1S/C8H15N3O/c1-11(2)6-10-8(12)7-4-3-5-9-7/h6-7,9H,3-5H2,1-2H3/t7-/m0/s1. The predicted octanol–water partition coefficient (Wildman–Crippen LogP) is -0.145. The van der Waals surface area contributed by atoms with Gasteiger partial charge in [0.2, 0.25) is 0 Å². The molecule has 0 aliphatic carbocycles. The van der Waals surface area contributed by atoms with E-state index in [1.807, 2.05) is 14.1 Å². The molecule has 68 valence electrons. The maximum absolute atomic E-state index is 11.3. The van der Waals surface area contributed by atoms with Gasteiger partial charge in [0.1, 0.15) is 0 Å². The first kappa shape index (κ1) is 9.19.